The monoisotopic (exact) mass is 306 g/mol. The lowest BCUT2D eigenvalue weighted by Crippen LogP contribution is -1.97. The third-order valence-electron chi connectivity index (χ3n) is 1.25. The van der Waals surface area contributed by atoms with Gasteiger partial charge in [-0.2, -0.15) is 0 Å². The van der Waals surface area contributed by atoms with E-state index < -0.39 is 19.8 Å². The average molecular weight is 308 g/mol. The van der Waals surface area contributed by atoms with Gasteiger partial charge in [0.05, 0.1) is 5.02 Å². The van der Waals surface area contributed by atoms with Crippen molar-refractivity contribution in [2.45, 2.75) is 4.90 Å². The molecule has 0 aromatic heterocycles. The van der Waals surface area contributed by atoms with Crippen LogP contribution in [0.25, 0.3) is 0 Å². The zero-order valence-corrected chi connectivity index (χ0v) is 9.81. The molecule has 0 bridgehead atoms. The standard InChI is InChI=1S/C6H2BrCl2FO2S/c7-3-1-2-4(8)5(10)6(3)13(9,11)12/h1-2H. The molecule has 0 aliphatic carbocycles. The number of rotatable bonds is 1. The first-order valence-corrected chi connectivity index (χ1v) is 6.40. The lowest BCUT2D eigenvalue weighted by atomic mass is 10.3. The average Bonchev–Trinajstić information content (AvgIpc) is 1.95. The Balaban J connectivity index is 3.62. The Kier molecular flexibility index (Phi) is 3.22. The molecular weight excluding hydrogens is 306 g/mol. The number of hydrogen-bond donors (Lipinski definition) is 0. The van der Waals surface area contributed by atoms with E-state index >= 15 is 0 Å². The van der Waals surface area contributed by atoms with E-state index in [1.54, 1.807) is 0 Å². The van der Waals surface area contributed by atoms with Gasteiger partial charge in [0, 0.05) is 15.2 Å². The number of halogens is 4. The summed E-state index contributed by atoms with van der Waals surface area (Å²) in [6.45, 7) is 0. The molecule has 0 saturated heterocycles. The maximum atomic E-state index is 13.1. The van der Waals surface area contributed by atoms with Crippen molar-refractivity contribution in [1.29, 1.82) is 0 Å². The highest BCUT2D eigenvalue weighted by molar-refractivity contribution is 9.10. The van der Waals surface area contributed by atoms with Gasteiger partial charge in [-0.25, -0.2) is 12.8 Å². The fraction of sp³-hybridized carbons (Fsp3) is 0. The minimum atomic E-state index is -4.12. The zero-order chi connectivity index (χ0) is 10.2. The van der Waals surface area contributed by atoms with Crippen LogP contribution in [-0.4, -0.2) is 8.42 Å². The topological polar surface area (TPSA) is 34.1 Å². The van der Waals surface area contributed by atoms with Crippen LogP contribution in [-0.2, 0) is 9.05 Å². The maximum Gasteiger partial charge on any atom is 0.265 e. The second-order valence-corrected chi connectivity index (χ2v) is 5.87. The Morgan fingerprint density at radius 2 is 1.92 bits per heavy atom. The van der Waals surface area contributed by atoms with Crippen LogP contribution in [0.1, 0.15) is 0 Å². The summed E-state index contributed by atoms with van der Waals surface area (Å²) in [4.78, 5) is -0.637. The highest BCUT2D eigenvalue weighted by Gasteiger charge is 2.21. The molecule has 0 unspecified atom stereocenters. The summed E-state index contributed by atoms with van der Waals surface area (Å²) >= 11 is 8.23. The van der Waals surface area contributed by atoms with Crippen molar-refractivity contribution in [3.63, 3.8) is 0 Å². The van der Waals surface area contributed by atoms with Crippen LogP contribution >= 0.6 is 38.2 Å². The van der Waals surface area contributed by atoms with Gasteiger partial charge in [-0.15, -0.1) is 0 Å². The molecule has 0 amide bonds. The van der Waals surface area contributed by atoms with Gasteiger partial charge in [0.2, 0.25) is 0 Å². The predicted octanol–water partition coefficient (Wildman–Crippen LogP) is 3.17. The van der Waals surface area contributed by atoms with Gasteiger partial charge >= 0.3 is 0 Å². The van der Waals surface area contributed by atoms with Crippen LogP contribution < -0.4 is 0 Å². The van der Waals surface area contributed by atoms with Gasteiger partial charge in [-0.3, -0.25) is 0 Å². The third-order valence-corrected chi connectivity index (χ3v) is 3.81. The van der Waals surface area contributed by atoms with Crippen molar-refractivity contribution in [3.8, 4) is 0 Å². The minimum absolute atomic E-state index is 0.0457. The van der Waals surface area contributed by atoms with Crippen molar-refractivity contribution in [2.75, 3.05) is 0 Å². The molecule has 0 saturated carbocycles. The van der Waals surface area contributed by atoms with Gasteiger partial charge in [-0.05, 0) is 28.1 Å². The van der Waals surface area contributed by atoms with Crippen molar-refractivity contribution < 1.29 is 12.8 Å². The molecule has 0 N–H and O–H groups in total. The van der Waals surface area contributed by atoms with E-state index in [1.165, 1.54) is 12.1 Å². The van der Waals surface area contributed by atoms with E-state index in [1.807, 2.05) is 0 Å². The van der Waals surface area contributed by atoms with Crippen LogP contribution in [0.4, 0.5) is 4.39 Å². The molecule has 0 radical (unpaired) electrons. The van der Waals surface area contributed by atoms with E-state index in [9.17, 15) is 12.8 Å². The third kappa shape index (κ3) is 2.34. The molecule has 0 aliphatic rings. The van der Waals surface area contributed by atoms with E-state index in [0.29, 0.717) is 0 Å². The van der Waals surface area contributed by atoms with E-state index in [-0.39, 0.29) is 9.50 Å². The van der Waals surface area contributed by atoms with Crippen molar-refractivity contribution in [3.05, 3.63) is 27.4 Å². The summed E-state index contributed by atoms with van der Waals surface area (Å²) in [5.74, 6) is -1.05. The first-order chi connectivity index (χ1) is 5.84. The first kappa shape index (κ1) is 11.2. The second kappa shape index (κ2) is 3.73. The summed E-state index contributed by atoms with van der Waals surface area (Å²) in [6.07, 6.45) is 0. The molecule has 0 spiro atoms. The first-order valence-electron chi connectivity index (χ1n) is 2.92. The smallest absolute Gasteiger partial charge is 0.207 e. The van der Waals surface area contributed by atoms with Crippen molar-refractivity contribution in [2.24, 2.45) is 0 Å². The predicted molar refractivity (Wildman–Crippen MR) is 52.1 cm³/mol. The number of benzene rings is 1. The minimum Gasteiger partial charge on any atom is -0.207 e. The summed E-state index contributed by atoms with van der Waals surface area (Å²) in [7, 11) is 0.864. The fourth-order valence-corrected chi connectivity index (χ4v) is 3.25. The molecule has 0 fully saturated rings. The van der Waals surface area contributed by atoms with Crippen LogP contribution in [0.5, 0.6) is 0 Å². The highest BCUT2D eigenvalue weighted by Crippen LogP contribution is 2.31. The molecule has 0 atom stereocenters. The van der Waals surface area contributed by atoms with E-state index in [0.717, 1.165) is 0 Å². The van der Waals surface area contributed by atoms with E-state index in [2.05, 4.69) is 15.9 Å². The molecule has 72 valence electrons. The van der Waals surface area contributed by atoms with Crippen molar-refractivity contribution in [1.82, 2.24) is 0 Å². The second-order valence-electron chi connectivity index (χ2n) is 2.11. The van der Waals surface area contributed by atoms with Gasteiger partial charge in [-0.1, -0.05) is 11.6 Å². The summed E-state index contributed by atoms with van der Waals surface area (Å²) in [5.41, 5.74) is 0. The molecule has 1 aromatic rings. The quantitative estimate of drug-likeness (QED) is 0.590. The summed E-state index contributed by atoms with van der Waals surface area (Å²) in [6, 6.07) is 2.53. The van der Waals surface area contributed by atoms with E-state index in [4.69, 9.17) is 22.3 Å². The Morgan fingerprint density at radius 3 is 2.31 bits per heavy atom. The van der Waals surface area contributed by atoms with Gasteiger partial charge < -0.3 is 0 Å². The van der Waals surface area contributed by atoms with Crippen LogP contribution in [0.2, 0.25) is 5.02 Å². The molecule has 13 heavy (non-hydrogen) atoms. The zero-order valence-electron chi connectivity index (χ0n) is 5.89. The lowest BCUT2D eigenvalue weighted by molar-refractivity contribution is 0.574. The maximum absolute atomic E-state index is 13.1. The molecule has 7 heteroatoms. The SMILES string of the molecule is O=S(=O)(Cl)c1c(Br)ccc(Cl)c1F. The largest absolute Gasteiger partial charge is 0.265 e. The van der Waals surface area contributed by atoms with Gasteiger partial charge in [0.25, 0.3) is 9.05 Å². The Hall–Kier alpha value is 0.160. The molecule has 1 aromatic carbocycles. The molecule has 0 heterocycles. The van der Waals surface area contributed by atoms with Gasteiger partial charge in [0.15, 0.2) is 5.82 Å². The molecule has 2 nitrogen and oxygen atoms in total. The van der Waals surface area contributed by atoms with Gasteiger partial charge in [0.1, 0.15) is 4.90 Å². The highest BCUT2D eigenvalue weighted by atomic mass is 79.9. The molecule has 0 aliphatic heterocycles. The van der Waals surface area contributed by atoms with Crippen LogP contribution in [0.15, 0.2) is 21.5 Å². The Morgan fingerprint density at radius 1 is 1.38 bits per heavy atom. The normalized spacial score (nSPS) is 11.7. The molecular formula is C6H2BrCl2FO2S. The lowest BCUT2D eigenvalue weighted by Gasteiger charge is -2.02. The van der Waals surface area contributed by atoms with Crippen LogP contribution in [0, 0.1) is 5.82 Å². The van der Waals surface area contributed by atoms with Crippen LogP contribution in [0.3, 0.4) is 0 Å². The fourth-order valence-electron chi connectivity index (χ4n) is 0.732. The summed E-state index contributed by atoms with van der Waals surface area (Å²) in [5, 5.41) is -0.289. The Labute approximate surface area is 92.2 Å². The summed E-state index contributed by atoms with van der Waals surface area (Å²) < 4.78 is 34.9. The Bertz CT molecular complexity index is 446. The van der Waals surface area contributed by atoms with Crippen molar-refractivity contribution >= 4 is 47.3 Å². The molecule has 1 rings (SSSR count). The number of hydrogen-bond acceptors (Lipinski definition) is 2.